The van der Waals surface area contributed by atoms with Gasteiger partial charge < -0.3 is 0 Å². The van der Waals surface area contributed by atoms with Crippen LogP contribution in [-0.2, 0) is 14.5 Å². The molecule has 6 nitrogen and oxygen atoms in total. The Balaban J connectivity index is 4.39. The third kappa shape index (κ3) is 12.7. The van der Waals surface area contributed by atoms with E-state index in [0.717, 1.165) is 19.0 Å². The van der Waals surface area contributed by atoms with Crippen LogP contribution in [0, 0.1) is 12.1 Å². The molecule has 1 radical (unpaired) electrons. The number of unbranched alkanes of at least 4 members (excludes halogenated alkanes) is 3. The molecule has 1 unspecified atom stereocenters. The third-order valence-corrected chi connectivity index (χ3v) is 4.41. The fourth-order valence-corrected chi connectivity index (χ4v) is 1.67. The van der Waals surface area contributed by atoms with E-state index in [0.29, 0.717) is 19.1 Å². The molecular weight excluding hydrogens is 318 g/mol. The first kappa shape index (κ1) is 24.8. The van der Waals surface area contributed by atoms with E-state index < -0.39 is 0 Å². The Labute approximate surface area is 155 Å². The van der Waals surface area contributed by atoms with Gasteiger partial charge in [0.1, 0.15) is 0 Å². The summed E-state index contributed by atoms with van der Waals surface area (Å²) in [5.74, 6) is 0.451. The van der Waals surface area contributed by atoms with Crippen LogP contribution in [0.1, 0.15) is 80.6 Å². The van der Waals surface area contributed by atoms with Crippen molar-refractivity contribution in [3.05, 3.63) is 6.17 Å². The van der Waals surface area contributed by atoms with E-state index in [1.165, 1.54) is 19.3 Å². The first-order valence-electron chi connectivity index (χ1n) is 9.78. The van der Waals surface area contributed by atoms with E-state index >= 15 is 0 Å². The second kappa shape index (κ2) is 13.9. The van der Waals surface area contributed by atoms with Crippen molar-refractivity contribution in [2.75, 3.05) is 20.2 Å². The van der Waals surface area contributed by atoms with E-state index in [4.69, 9.17) is 14.5 Å². The van der Waals surface area contributed by atoms with E-state index in [1.54, 1.807) is 5.06 Å². The highest BCUT2D eigenvalue weighted by Gasteiger charge is 2.23. The van der Waals surface area contributed by atoms with Crippen LogP contribution < -0.4 is 11.0 Å². The van der Waals surface area contributed by atoms with Crippen molar-refractivity contribution >= 4 is 0 Å². The number of hydroxylamine groups is 4. The highest BCUT2D eigenvalue weighted by atomic mass is 16.7. The molecule has 0 rings (SSSR count). The van der Waals surface area contributed by atoms with Crippen LogP contribution in [0.5, 0.6) is 0 Å². The van der Waals surface area contributed by atoms with E-state index in [-0.39, 0.29) is 11.7 Å². The van der Waals surface area contributed by atoms with Gasteiger partial charge in [0.15, 0.2) is 6.17 Å². The van der Waals surface area contributed by atoms with Gasteiger partial charge in [0, 0.05) is 7.05 Å². The second-order valence-electron chi connectivity index (χ2n) is 7.54. The van der Waals surface area contributed by atoms with Crippen LogP contribution in [0.25, 0.3) is 0 Å². The van der Waals surface area contributed by atoms with Gasteiger partial charge in [-0.2, -0.15) is 16.0 Å². The molecule has 151 valence electrons. The summed E-state index contributed by atoms with van der Waals surface area (Å²) in [4.78, 5) is 17.3. The summed E-state index contributed by atoms with van der Waals surface area (Å²) in [5.41, 5.74) is 5.80. The molecule has 6 heteroatoms. The molecular formula is C19H42N3O3. The smallest absolute Gasteiger partial charge is 0.169 e. The minimum atomic E-state index is -0.251. The zero-order chi connectivity index (χ0) is 19.3. The quantitative estimate of drug-likeness (QED) is 0.318. The summed E-state index contributed by atoms with van der Waals surface area (Å²) >= 11 is 0. The number of nitrogens with zero attached hydrogens (tertiary/aromatic N) is 1. The molecule has 1 atom stereocenters. The molecule has 0 heterocycles. The molecule has 0 aliphatic carbocycles. The predicted octanol–water partition coefficient (Wildman–Crippen LogP) is 4.20. The van der Waals surface area contributed by atoms with Crippen molar-refractivity contribution in [1.29, 1.82) is 0 Å². The maximum absolute atomic E-state index is 5.81. The number of hydrogen-bond acceptors (Lipinski definition) is 6. The average Bonchev–Trinajstić information content (AvgIpc) is 2.57. The normalized spacial score (nSPS) is 14.0. The van der Waals surface area contributed by atoms with Crippen LogP contribution in [-0.4, -0.2) is 37.0 Å². The predicted molar refractivity (Wildman–Crippen MR) is 103 cm³/mol. The SMILES string of the molecule is CCCCCCON(C)[C](CNOC(C)C(C)C)NOC(C)(C)CC. The number of nitrogens with one attached hydrogen (secondary N) is 2. The van der Waals surface area contributed by atoms with Crippen molar-refractivity contribution in [1.82, 2.24) is 16.0 Å². The Bertz CT molecular complexity index is 314. The largest absolute Gasteiger partial charge is 0.298 e. The molecule has 0 fully saturated rings. The van der Waals surface area contributed by atoms with Crippen molar-refractivity contribution in [2.24, 2.45) is 5.92 Å². The van der Waals surface area contributed by atoms with Gasteiger partial charge in [0.05, 0.1) is 24.9 Å². The topological polar surface area (TPSA) is 55.0 Å². The minimum absolute atomic E-state index is 0.134. The zero-order valence-electron chi connectivity index (χ0n) is 17.8. The number of likely N-dealkylation sites (N-methyl/N-ethyl adjacent to an activating group) is 1. The van der Waals surface area contributed by atoms with Gasteiger partial charge in [-0.25, -0.2) is 0 Å². The molecule has 0 amide bonds. The van der Waals surface area contributed by atoms with Crippen LogP contribution in [0.4, 0.5) is 0 Å². The monoisotopic (exact) mass is 360 g/mol. The summed E-state index contributed by atoms with van der Waals surface area (Å²) < 4.78 is 0. The van der Waals surface area contributed by atoms with Gasteiger partial charge in [-0.1, -0.05) is 47.0 Å². The molecule has 2 N–H and O–H groups in total. The fourth-order valence-electron chi connectivity index (χ4n) is 1.67. The van der Waals surface area contributed by atoms with Crippen LogP contribution in [0.3, 0.4) is 0 Å². The molecule has 0 saturated heterocycles. The second-order valence-corrected chi connectivity index (χ2v) is 7.54. The van der Waals surface area contributed by atoms with E-state index in [1.807, 2.05) is 20.9 Å². The van der Waals surface area contributed by atoms with Gasteiger partial charge in [-0.05, 0) is 39.5 Å². The Morgan fingerprint density at radius 2 is 1.76 bits per heavy atom. The molecule has 0 saturated carbocycles. The van der Waals surface area contributed by atoms with Crippen LogP contribution in [0.2, 0.25) is 0 Å². The number of rotatable bonds is 16. The van der Waals surface area contributed by atoms with Gasteiger partial charge in [0.2, 0.25) is 0 Å². The van der Waals surface area contributed by atoms with Gasteiger partial charge in [-0.3, -0.25) is 14.5 Å². The van der Waals surface area contributed by atoms with Crippen LogP contribution in [0.15, 0.2) is 0 Å². The van der Waals surface area contributed by atoms with Crippen molar-refractivity contribution < 1.29 is 14.5 Å². The molecule has 0 aromatic rings. The van der Waals surface area contributed by atoms with Crippen LogP contribution >= 0.6 is 0 Å². The Hall–Kier alpha value is -0.240. The first-order valence-corrected chi connectivity index (χ1v) is 9.78. The highest BCUT2D eigenvalue weighted by molar-refractivity contribution is 4.81. The highest BCUT2D eigenvalue weighted by Crippen LogP contribution is 2.14. The standard InChI is InChI=1S/C19H42N3O3/c1-9-11-12-13-14-23-22(8)18(21-25-19(6,7)10-2)15-20-24-17(5)16(3)4/h16-17,20-21H,9-15H2,1-8H3. The summed E-state index contributed by atoms with van der Waals surface area (Å²) in [6, 6.07) is 0. The molecule has 0 spiro atoms. The minimum Gasteiger partial charge on any atom is -0.298 e. The molecule has 0 bridgehead atoms. The van der Waals surface area contributed by atoms with E-state index in [9.17, 15) is 0 Å². The number of hydrogen-bond donors (Lipinski definition) is 2. The average molecular weight is 361 g/mol. The Morgan fingerprint density at radius 1 is 1.08 bits per heavy atom. The molecule has 0 aliphatic rings. The Kier molecular flexibility index (Phi) is 13.8. The lowest BCUT2D eigenvalue weighted by molar-refractivity contribution is -0.186. The zero-order valence-corrected chi connectivity index (χ0v) is 17.8. The Morgan fingerprint density at radius 3 is 2.32 bits per heavy atom. The molecule has 0 aliphatic heterocycles. The van der Waals surface area contributed by atoms with Crippen molar-refractivity contribution in [3.8, 4) is 0 Å². The van der Waals surface area contributed by atoms with Crippen molar-refractivity contribution in [2.45, 2.75) is 92.3 Å². The lowest BCUT2D eigenvalue weighted by Gasteiger charge is -2.31. The lowest BCUT2D eigenvalue weighted by Crippen LogP contribution is -2.46. The summed E-state index contributed by atoms with van der Waals surface area (Å²) in [5, 5.41) is 1.73. The summed E-state index contributed by atoms with van der Waals surface area (Å²) in [6.07, 6.45) is 6.55. The maximum Gasteiger partial charge on any atom is 0.169 e. The summed E-state index contributed by atoms with van der Waals surface area (Å²) in [7, 11) is 1.89. The molecule has 25 heavy (non-hydrogen) atoms. The fraction of sp³-hybridized carbons (Fsp3) is 0.947. The lowest BCUT2D eigenvalue weighted by atomic mass is 10.1. The van der Waals surface area contributed by atoms with E-state index in [2.05, 4.69) is 45.6 Å². The van der Waals surface area contributed by atoms with Gasteiger partial charge >= 0.3 is 0 Å². The third-order valence-electron chi connectivity index (χ3n) is 4.41. The molecule has 0 aromatic carbocycles. The van der Waals surface area contributed by atoms with Gasteiger partial charge in [-0.15, -0.1) is 0 Å². The van der Waals surface area contributed by atoms with Crippen molar-refractivity contribution in [3.63, 3.8) is 0 Å². The molecule has 0 aromatic heterocycles. The summed E-state index contributed by atoms with van der Waals surface area (Å²) in [6.45, 7) is 15.9. The first-order chi connectivity index (χ1) is 11.7. The van der Waals surface area contributed by atoms with Gasteiger partial charge in [0.25, 0.3) is 0 Å². The maximum atomic E-state index is 5.81.